The van der Waals surface area contributed by atoms with Crippen LogP contribution in [0.3, 0.4) is 0 Å². The van der Waals surface area contributed by atoms with E-state index in [4.69, 9.17) is 0 Å². The molecule has 2 aromatic carbocycles. The molecule has 2 bridgehead atoms. The highest BCUT2D eigenvalue weighted by molar-refractivity contribution is 5.85. The number of hydrogen-bond donors (Lipinski definition) is 1. The summed E-state index contributed by atoms with van der Waals surface area (Å²) < 4.78 is 0. The first-order chi connectivity index (χ1) is 12.8. The van der Waals surface area contributed by atoms with E-state index in [1.165, 1.54) is 24.0 Å². The Labute approximate surface area is 168 Å². The molecule has 2 aromatic rings. The van der Waals surface area contributed by atoms with E-state index in [1.807, 2.05) is 12.1 Å². The summed E-state index contributed by atoms with van der Waals surface area (Å²) in [5, 5.41) is 3.67. The fourth-order valence-corrected chi connectivity index (χ4v) is 4.44. The Morgan fingerprint density at radius 3 is 2.37 bits per heavy atom. The molecule has 4 rings (SSSR count). The molecule has 2 fully saturated rings. The quantitative estimate of drug-likeness (QED) is 0.838. The molecule has 0 aromatic heterocycles. The Hall–Kier alpha value is -1.84. The molecule has 2 heterocycles. The van der Waals surface area contributed by atoms with E-state index < -0.39 is 0 Å². The van der Waals surface area contributed by atoms with E-state index in [0.29, 0.717) is 24.4 Å². The number of hydrogen-bond acceptors (Lipinski definition) is 2. The highest BCUT2D eigenvalue weighted by atomic mass is 35.5. The van der Waals surface area contributed by atoms with Gasteiger partial charge in [0.2, 0.25) is 5.91 Å². The zero-order valence-electron chi connectivity index (χ0n) is 15.7. The maximum absolute atomic E-state index is 13.1. The molecule has 0 aliphatic carbocycles. The van der Waals surface area contributed by atoms with E-state index in [0.717, 1.165) is 25.9 Å². The summed E-state index contributed by atoms with van der Waals surface area (Å²) in [7, 11) is 0. The Kier molecular flexibility index (Phi) is 6.92. The van der Waals surface area contributed by atoms with Crippen LogP contribution in [-0.2, 0) is 11.2 Å². The van der Waals surface area contributed by atoms with Gasteiger partial charge in [0, 0.05) is 31.6 Å². The monoisotopic (exact) mass is 384 g/mol. The average Bonchev–Trinajstić information content (AvgIpc) is 3.01. The molecule has 3 atom stereocenters. The van der Waals surface area contributed by atoms with Crippen LogP contribution in [0.4, 0.5) is 0 Å². The van der Waals surface area contributed by atoms with Crippen molar-refractivity contribution in [2.75, 3.05) is 13.1 Å². The Morgan fingerprint density at radius 2 is 1.63 bits per heavy atom. The van der Waals surface area contributed by atoms with E-state index in [9.17, 15) is 4.79 Å². The van der Waals surface area contributed by atoms with Gasteiger partial charge >= 0.3 is 0 Å². The molecule has 2 aliphatic heterocycles. The lowest BCUT2D eigenvalue weighted by Gasteiger charge is -2.27. The van der Waals surface area contributed by atoms with Gasteiger partial charge in [0.15, 0.2) is 0 Å². The molecule has 1 amide bonds. The third kappa shape index (κ3) is 5.12. The van der Waals surface area contributed by atoms with Crippen LogP contribution in [0, 0.1) is 0 Å². The molecular weight excluding hydrogens is 356 g/mol. The third-order valence-corrected chi connectivity index (χ3v) is 5.89. The van der Waals surface area contributed by atoms with Gasteiger partial charge in [0.1, 0.15) is 0 Å². The summed E-state index contributed by atoms with van der Waals surface area (Å²) in [6, 6.07) is 22.2. The van der Waals surface area contributed by atoms with Crippen molar-refractivity contribution in [3.63, 3.8) is 0 Å². The molecule has 27 heavy (non-hydrogen) atoms. The maximum atomic E-state index is 13.1. The number of likely N-dealkylation sites (tertiary alicyclic amines) is 1. The van der Waals surface area contributed by atoms with Crippen molar-refractivity contribution < 1.29 is 4.79 Å². The highest BCUT2D eigenvalue weighted by Crippen LogP contribution is 2.27. The minimum absolute atomic E-state index is 0. The van der Waals surface area contributed by atoms with Crippen molar-refractivity contribution in [2.24, 2.45) is 0 Å². The topological polar surface area (TPSA) is 32.3 Å². The van der Waals surface area contributed by atoms with Gasteiger partial charge in [0.05, 0.1) is 0 Å². The van der Waals surface area contributed by atoms with Gasteiger partial charge in [-0.3, -0.25) is 4.79 Å². The number of nitrogens with one attached hydrogen (secondary N) is 1. The van der Waals surface area contributed by atoms with E-state index in [1.54, 1.807) is 0 Å². The van der Waals surface area contributed by atoms with Crippen LogP contribution in [-0.4, -0.2) is 36.0 Å². The molecule has 2 saturated heterocycles. The summed E-state index contributed by atoms with van der Waals surface area (Å²) in [5.74, 6) is 0.545. The second-order valence-corrected chi connectivity index (χ2v) is 7.77. The normalized spacial score (nSPS) is 22.6. The minimum Gasteiger partial charge on any atom is -0.341 e. The van der Waals surface area contributed by atoms with E-state index in [2.05, 4.69) is 58.7 Å². The average molecular weight is 385 g/mol. The number of carbonyl (C=O) groups is 1. The third-order valence-electron chi connectivity index (χ3n) is 5.89. The van der Waals surface area contributed by atoms with Crippen LogP contribution in [0.25, 0.3) is 0 Å². The predicted octanol–water partition coefficient (Wildman–Crippen LogP) is 4.18. The van der Waals surface area contributed by atoms with Gasteiger partial charge in [-0.25, -0.2) is 0 Å². The van der Waals surface area contributed by atoms with Gasteiger partial charge in [-0.1, -0.05) is 60.7 Å². The fourth-order valence-electron chi connectivity index (χ4n) is 4.44. The molecule has 1 N–H and O–H groups in total. The number of amides is 1. The highest BCUT2D eigenvalue weighted by Gasteiger charge is 2.31. The number of rotatable bonds is 5. The van der Waals surface area contributed by atoms with Crippen molar-refractivity contribution >= 4 is 18.3 Å². The molecule has 144 valence electrons. The van der Waals surface area contributed by atoms with E-state index in [-0.39, 0.29) is 18.3 Å². The van der Waals surface area contributed by atoms with Gasteiger partial charge in [-0.15, -0.1) is 12.4 Å². The van der Waals surface area contributed by atoms with Gasteiger partial charge in [-0.05, 0) is 42.7 Å². The summed E-state index contributed by atoms with van der Waals surface area (Å²) in [6.07, 6.45) is 5.08. The molecular formula is C23H29ClN2O. The molecule has 0 radical (unpaired) electrons. The zero-order chi connectivity index (χ0) is 17.8. The SMILES string of the molecule is Cl.O=C(CC(Cc1ccccc1)c1ccccc1)N1CCC2CCC(C1)N2. The maximum Gasteiger partial charge on any atom is 0.223 e. The Bertz CT molecular complexity index is 722. The second kappa shape index (κ2) is 9.38. The fraction of sp³-hybridized carbons (Fsp3) is 0.435. The van der Waals surface area contributed by atoms with Crippen LogP contribution >= 0.6 is 12.4 Å². The standard InChI is InChI=1S/C23H28N2O.ClH/c26-23(25-14-13-21-11-12-22(17-25)24-21)16-20(19-9-5-2-6-10-19)15-18-7-3-1-4-8-18;/h1-10,20-22,24H,11-17H2;1H. The number of benzene rings is 2. The van der Waals surface area contributed by atoms with Gasteiger partial charge in [-0.2, -0.15) is 0 Å². The van der Waals surface area contributed by atoms with Crippen LogP contribution in [0.1, 0.15) is 42.7 Å². The molecule has 4 heteroatoms. The number of halogens is 1. The Morgan fingerprint density at radius 1 is 0.963 bits per heavy atom. The molecule has 0 spiro atoms. The van der Waals surface area contributed by atoms with Crippen LogP contribution in [0.2, 0.25) is 0 Å². The number of nitrogens with zero attached hydrogens (tertiary/aromatic N) is 1. The van der Waals surface area contributed by atoms with Crippen molar-refractivity contribution in [1.82, 2.24) is 10.2 Å². The van der Waals surface area contributed by atoms with Crippen LogP contribution < -0.4 is 5.32 Å². The summed E-state index contributed by atoms with van der Waals surface area (Å²) in [5.41, 5.74) is 2.56. The molecule has 3 unspecified atom stereocenters. The van der Waals surface area contributed by atoms with Crippen molar-refractivity contribution in [3.05, 3.63) is 71.8 Å². The smallest absolute Gasteiger partial charge is 0.223 e. The lowest BCUT2D eigenvalue weighted by Crippen LogP contribution is -2.39. The summed E-state index contributed by atoms with van der Waals surface area (Å²) >= 11 is 0. The zero-order valence-corrected chi connectivity index (χ0v) is 16.5. The molecule has 3 nitrogen and oxygen atoms in total. The first-order valence-electron chi connectivity index (χ1n) is 9.90. The van der Waals surface area contributed by atoms with Gasteiger partial charge < -0.3 is 10.2 Å². The lowest BCUT2D eigenvalue weighted by molar-refractivity contribution is -0.131. The molecule has 0 saturated carbocycles. The largest absolute Gasteiger partial charge is 0.341 e. The Balaban J connectivity index is 0.00000210. The summed E-state index contributed by atoms with van der Waals surface area (Å²) in [6.45, 7) is 1.78. The van der Waals surface area contributed by atoms with Crippen molar-refractivity contribution in [1.29, 1.82) is 0 Å². The van der Waals surface area contributed by atoms with Gasteiger partial charge in [0.25, 0.3) is 0 Å². The minimum atomic E-state index is 0. The predicted molar refractivity (Wildman–Crippen MR) is 112 cm³/mol. The lowest BCUT2D eigenvalue weighted by atomic mass is 9.88. The van der Waals surface area contributed by atoms with Crippen LogP contribution in [0.15, 0.2) is 60.7 Å². The first-order valence-corrected chi connectivity index (χ1v) is 9.90. The van der Waals surface area contributed by atoms with Crippen molar-refractivity contribution in [2.45, 2.75) is 50.1 Å². The van der Waals surface area contributed by atoms with E-state index >= 15 is 0 Å². The number of carbonyl (C=O) groups excluding carboxylic acids is 1. The second-order valence-electron chi connectivity index (χ2n) is 7.77. The van der Waals surface area contributed by atoms with Crippen LogP contribution in [0.5, 0.6) is 0 Å². The first kappa shape index (κ1) is 19.9. The number of fused-ring (bicyclic) bond motifs is 2. The molecule has 2 aliphatic rings. The summed E-state index contributed by atoms with van der Waals surface area (Å²) in [4.78, 5) is 15.2. The van der Waals surface area contributed by atoms with Crippen molar-refractivity contribution in [3.8, 4) is 0 Å².